The smallest absolute Gasteiger partial charge is 0.0519 e. The zero-order valence-electron chi connectivity index (χ0n) is 10.7. The summed E-state index contributed by atoms with van der Waals surface area (Å²) in [5.41, 5.74) is 0. The van der Waals surface area contributed by atoms with Crippen LogP contribution in [-0.2, 0) is 9.47 Å². The fourth-order valence-electron chi connectivity index (χ4n) is 2.28. The SMILES string of the molecule is CC(C)CC1COCC(COC(C)C)C1. The molecule has 0 saturated carbocycles. The molecule has 2 nitrogen and oxygen atoms in total. The summed E-state index contributed by atoms with van der Waals surface area (Å²) in [6.07, 6.45) is 2.92. The molecule has 15 heavy (non-hydrogen) atoms. The van der Waals surface area contributed by atoms with E-state index in [2.05, 4.69) is 27.7 Å². The molecule has 1 heterocycles. The predicted octanol–water partition coefficient (Wildman–Crippen LogP) is 3.11. The van der Waals surface area contributed by atoms with Crippen molar-refractivity contribution < 1.29 is 9.47 Å². The summed E-state index contributed by atoms with van der Waals surface area (Å²) in [5.74, 6) is 2.15. The molecule has 0 bridgehead atoms. The summed E-state index contributed by atoms with van der Waals surface area (Å²) in [6.45, 7) is 11.5. The summed E-state index contributed by atoms with van der Waals surface area (Å²) in [5, 5.41) is 0. The average Bonchev–Trinajstić information content (AvgIpc) is 2.14. The molecule has 1 saturated heterocycles. The Kier molecular flexibility index (Phi) is 5.62. The van der Waals surface area contributed by atoms with Gasteiger partial charge in [0, 0.05) is 12.5 Å². The number of hydrogen-bond acceptors (Lipinski definition) is 2. The van der Waals surface area contributed by atoms with E-state index in [0.29, 0.717) is 12.0 Å². The highest BCUT2D eigenvalue weighted by Gasteiger charge is 2.23. The number of hydrogen-bond donors (Lipinski definition) is 0. The minimum Gasteiger partial charge on any atom is -0.381 e. The fraction of sp³-hybridized carbons (Fsp3) is 1.00. The highest BCUT2D eigenvalue weighted by Crippen LogP contribution is 2.25. The van der Waals surface area contributed by atoms with Crippen LogP contribution >= 0.6 is 0 Å². The van der Waals surface area contributed by atoms with Gasteiger partial charge in [0.1, 0.15) is 0 Å². The molecule has 0 aliphatic carbocycles. The number of rotatable bonds is 5. The number of ether oxygens (including phenoxy) is 2. The van der Waals surface area contributed by atoms with Gasteiger partial charge in [0.25, 0.3) is 0 Å². The van der Waals surface area contributed by atoms with Crippen LogP contribution < -0.4 is 0 Å². The molecule has 0 N–H and O–H groups in total. The highest BCUT2D eigenvalue weighted by atomic mass is 16.5. The van der Waals surface area contributed by atoms with Gasteiger partial charge >= 0.3 is 0 Å². The van der Waals surface area contributed by atoms with Crippen LogP contribution in [0.25, 0.3) is 0 Å². The van der Waals surface area contributed by atoms with Gasteiger partial charge in [-0.1, -0.05) is 13.8 Å². The van der Waals surface area contributed by atoms with E-state index in [0.717, 1.165) is 31.7 Å². The first kappa shape index (κ1) is 13.0. The lowest BCUT2D eigenvalue weighted by Gasteiger charge is -2.30. The Bertz CT molecular complexity index is 166. The minimum absolute atomic E-state index is 0.343. The maximum atomic E-state index is 5.65. The third kappa shape index (κ3) is 5.53. The van der Waals surface area contributed by atoms with Crippen molar-refractivity contribution in [1.82, 2.24) is 0 Å². The maximum absolute atomic E-state index is 5.65. The van der Waals surface area contributed by atoms with E-state index in [4.69, 9.17) is 9.47 Å². The van der Waals surface area contributed by atoms with Gasteiger partial charge in [-0.2, -0.15) is 0 Å². The van der Waals surface area contributed by atoms with Gasteiger partial charge in [-0.25, -0.2) is 0 Å². The van der Waals surface area contributed by atoms with Crippen LogP contribution in [0.4, 0.5) is 0 Å². The molecule has 0 amide bonds. The molecule has 0 spiro atoms. The summed E-state index contributed by atoms with van der Waals surface area (Å²) in [7, 11) is 0. The van der Waals surface area contributed by atoms with Crippen LogP contribution in [0, 0.1) is 17.8 Å². The first-order valence-corrected chi connectivity index (χ1v) is 6.27. The van der Waals surface area contributed by atoms with Crippen LogP contribution in [0.2, 0.25) is 0 Å². The van der Waals surface area contributed by atoms with E-state index >= 15 is 0 Å². The van der Waals surface area contributed by atoms with E-state index in [-0.39, 0.29) is 0 Å². The highest BCUT2D eigenvalue weighted by molar-refractivity contribution is 4.72. The quantitative estimate of drug-likeness (QED) is 0.700. The van der Waals surface area contributed by atoms with E-state index in [1.807, 2.05) is 0 Å². The molecule has 90 valence electrons. The molecule has 1 aliphatic heterocycles. The minimum atomic E-state index is 0.343. The summed E-state index contributed by atoms with van der Waals surface area (Å²) >= 11 is 0. The first-order chi connectivity index (χ1) is 7.08. The Balaban J connectivity index is 2.23. The Morgan fingerprint density at radius 2 is 1.80 bits per heavy atom. The van der Waals surface area contributed by atoms with Gasteiger partial charge in [0.2, 0.25) is 0 Å². The van der Waals surface area contributed by atoms with E-state index in [1.165, 1.54) is 12.8 Å². The Hall–Kier alpha value is -0.0800. The normalized spacial score (nSPS) is 27.6. The van der Waals surface area contributed by atoms with Crippen molar-refractivity contribution in [3.8, 4) is 0 Å². The van der Waals surface area contributed by atoms with Gasteiger partial charge in [-0.15, -0.1) is 0 Å². The third-order valence-corrected chi connectivity index (χ3v) is 2.84. The molecule has 0 aromatic heterocycles. The lowest BCUT2D eigenvalue weighted by Crippen LogP contribution is -2.30. The topological polar surface area (TPSA) is 18.5 Å². The first-order valence-electron chi connectivity index (χ1n) is 6.27. The molecule has 2 atom stereocenters. The second kappa shape index (κ2) is 6.49. The Morgan fingerprint density at radius 1 is 1.13 bits per heavy atom. The zero-order chi connectivity index (χ0) is 11.3. The molecular formula is C13H26O2. The largest absolute Gasteiger partial charge is 0.381 e. The summed E-state index contributed by atoms with van der Waals surface area (Å²) < 4.78 is 11.3. The molecule has 0 radical (unpaired) electrons. The predicted molar refractivity (Wildman–Crippen MR) is 63.0 cm³/mol. The maximum Gasteiger partial charge on any atom is 0.0519 e. The fourth-order valence-corrected chi connectivity index (χ4v) is 2.28. The van der Waals surface area contributed by atoms with Crippen LogP contribution in [0.5, 0.6) is 0 Å². The Morgan fingerprint density at radius 3 is 2.40 bits per heavy atom. The van der Waals surface area contributed by atoms with E-state index in [9.17, 15) is 0 Å². The van der Waals surface area contributed by atoms with Gasteiger partial charge in [0.15, 0.2) is 0 Å². The molecular weight excluding hydrogens is 188 g/mol. The molecule has 1 fully saturated rings. The van der Waals surface area contributed by atoms with Crippen LogP contribution in [-0.4, -0.2) is 25.9 Å². The lowest BCUT2D eigenvalue weighted by atomic mass is 9.87. The molecule has 1 rings (SSSR count). The Labute approximate surface area is 94.3 Å². The van der Waals surface area contributed by atoms with Crippen molar-refractivity contribution >= 4 is 0 Å². The van der Waals surface area contributed by atoms with Gasteiger partial charge < -0.3 is 9.47 Å². The van der Waals surface area contributed by atoms with Crippen LogP contribution in [0.3, 0.4) is 0 Å². The van der Waals surface area contributed by atoms with Crippen LogP contribution in [0.1, 0.15) is 40.5 Å². The van der Waals surface area contributed by atoms with Crippen molar-refractivity contribution in [2.24, 2.45) is 17.8 Å². The summed E-state index contributed by atoms with van der Waals surface area (Å²) in [4.78, 5) is 0. The molecule has 1 aliphatic rings. The molecule has 2 unspecified atom stereocenters. The van der Waals surface area contributed by atoms with Gasteiger partial charge in [-0.3, -0.25) is 0 Å². The molecule has 0 aromatic rings. The second-order valence-electron chi connectivity index (χ2n) is 5.52. The van der Waals surface area contributed by atoms with Gasteiger partial charge in [0.05, 0.1) is 19.3 Å². The molecule has 2 heteroatoms. The zero-order valence-corrected chi connectivity index (χ0v) is 10.7. The van der Waals surface area contributed by atoms with Crippen molar-refractivity contribution in [3.63, 3.8) is 0 Å². The van der Waals surface area contributed by atoms with Crippen molar-refractivity contribution in [1.29, 1.82) is 0 Å². The van der Waals surface area contributed by atoms with Gasteiger partial charge in [-0.05, 0) is 38.5 Å². The van der Waals surface area contributed by atoms with Crippen molar-refractivity contribution in [3.05, 3.63) is 0 Å². The second-order valence-corrected chi connectivity index (χ2v) is 5.52. The van der Waals surface area contributed by atoms with Crippen molar-refractivity contribution in [2.75, 3.05) is 19.8 Å². The molecule has 0 aromatic carbocycles. The van der Waals surface area contributed by atoms with Crippen molar-refractivity contribution in [2.45, 2.75) is 46.6 Å². The van der Waals surface area contributed by atoms with E-state index in [1.54, 1.807) is 0 Å². The average molecular weight is 214 g/mol. The third-order valence-electron chi connectivity index (χ3n) is 2.84. The monoisotopic (exact) mass is 214 g/mol. The lowest BCUT2D eigenvalue weighted by molar-refractivity contribution is -0.0384. The standard InChI is InChI=1S/C13H26O2/c1-10(2)5-12-6-13(8-14-7-12)9-15-11(3)4/h10-13H,5-9H2,1-4H3. The van der Waals surface area contributed by atoms with Crippen LogP contribution in [0.15, 0.2) is 0 Å². The van der Waals surface area contributed by atoms with E-state index < -0.39 is 0 Å². The summed E-state index contributed by atoms with van der Waals surface area (Å²) in [6, 6.07) is 0.